The molecule has 76 valence electrons. The van der Waals surface area contributed by atoms with Gasteiger partial charge in [0.1, 0.15) is 0 Å². The zero-order chi connectivity index (χ0) is 10.4. The molecule has 0 fully saturated rings. The van der Waals surface area contributed by atoms with E-state index in [0.29, 0.717) is 5.75 Å². The van der Waals surface area contributed by atoms with E-state index in [1.165, 1.54) is 7.11 Å². The molecule has 0 saturated heterocycles. The fourth-order valence-corrected chi connectivity index (χ4v) is 0.729. The van der Waals surface area contributed by atoms with Crippen molar-refractivity contribution in [3.63, 3.8) is 0 Å². The molecule has 0 heterocycles. The standard InChI is InChI=1S/C10H12O4.Na/c1-8(12-2)10(11)14-13-9-6-4-3-5-7-9;/h3-8H,1-2H3;/q;+1. The number of para-hydroxylation sites is 1. The Balaban J connectivity index is 0.00000196. The maximum absolute atomic E-state index is 11.1. The average Bonchev–Trinajstić information content (AvgIpc) is 2.26. The van der Waals surface area contributed by atoms with Crippen LogP contribution in [0.3, 0.4) is 0 Å². The number of rotatable bonds is 4. The van der Waals surface area contributed by atoms with E-state index in [9.17, 15) is 4.79 Å². The van der Waals surface area contributed by atoms with Gasteiger partial charge in [-0.25, -0.2) is 9.68 Å². The second kappa shape index (κ2) is 7.70. The van der Waals surface area contributed by atoms with Gasteiger partial charge in [-0.05, 0) is 19.1 Å². The Kier molecular flexibility index (Phi) is 7.42. The van der Waals surface area contributed by atoms with Crippen molar-refractivity contribution in [2.45, 2.75) is 13.0 Å². The molecule has 4 nitrogen and oxygen atoms in total. The third-order valence-corrected chi connectivity index (χ3v) is 1.65. The maximum atomic E-state index is 11.1. The summed E-state index contributed by atoms with van der Waals surface area (Å²) in [5.74, 6) is -0.0829. The van der Waals surface area contributed by atoms with Crippen molar-refractivity contribution in [1.29, 1.82) is 0 Å². The molecule has 0 aliphatic heterocycles. The first-order valence-corrected chi connectivity index (χ1v) is 4.20. The van der Waals surface area contributed by atoms with Gasteiger partial charge in [0, 0.05) is 7.11 Å². The molecule has 0 saturated carbocycles. The first-order chi connectivity index (χ1) is 6.74. The van der Waals surface area contributed by atoms with E-state index < -0.39 is 12.1 Å². The van der Waals surface area contributed by atoms with Crippen LogP contribution in [-0.4, -0.2) is 19.2 Å². The van der Waals surface area contributed by atoms with Crippen LogP contribution in [0.25, 0.3) is 0 Å². The van der Waals surface area contributed by atoms with Gasteiger partial charge >= 0.3 is 35.5 Å². The minimum absolute atomic E-state index is 0. The van der Waals surface area contributed by atoms with E-state index in [-0.39, 0.29) is 29.6 Å². The molecule has 1 atom stereocenters. The predicted molar refractivity (Wildman–Crippen MR) is 49.6 cm³/mol. The Bertz CT molecular complexity index is 289. The van der Waals surface area contributed by atoms with Crippen LogP contribution in [0.5, 0.6) is 5.75 Å². The average molecular weight is 219 g/mol. The summed E-state index contributed by atoms with van der Waals surface area (Å²) in [7, 11) is 1.43. The number of benzene rings is 1. The first kappa shape index (κ1) is 14.5. The predicted octanol–water partition coefficient (Wildman–Crippen LogP) is -1.44. The minimum atomic E-state index is -0.626. The van der Waals surface area contributed by atoms with Crippen molar-refractivity contribution in [3.05, 3.63) is 30.3 Å². The fourth-order valence-electron chi connectivity index (χ4n) is 0.729. The van der Waals surface area contributed by atoms with Crippen LogP contribution >= 0.6 is 0 Å². The van der Waals surface area contributed by atoms with Gasteiger partial charge in [0.2, 0.25) is 0 Å². The second-order valence-electron chi connectivity index (χ2n) is 2.68. The number of carbonyl (C=O) groups is 1. The number of hydrogen-bond acceptors (Lipinski definition) is 4. The van der Waals surface area contributed by atoms with Gasteiger partial charge in [-0.15, -0.1) is 0 Å². The topological polar surface area (TPSA) is 44.8 Å². The molecule has 1 aromatic carbocycles. The Morgan fingerprint density at radius 3 is 2.40 bits per heavy atom. The molecular formula is C10H12NaO4+. The van der Waals surface area contributed by atoms with Gasteiger partial charge in [0.25, 0.3) is 0 Å². The van der Waals surface area contributed by atoms with Crippen molar-refractivity contribution < 1.29 is 48.9 Å². The van der Waals surface area contributed by atoms with Gasteiger partial charge in [0.15, 0.2) is 11.9 Å². The molecule has 0 N–H and O–H groups in total. The van der Waals surface area contributed by atoms with Crippen molar-refractivity contribution in [2.75, 3.05) is 7.11 Å². The molecule has 1 aromatic rings. The largest absolute Gasteiger partial charge is 1.00 e. The molecule has 0 spiro atoms. The molecule has 0 amide bonds. The molecule has 1 rings (SSSR count). The summed E-state index contributed by atoms with van der Waals surface area (Å²) >= 11 is 0. The van der Waals surface area contributed by atoms with Gasteiger partial charge in [-0.1, -0.05) is 18.2 Å². The number of methoxy groups -OCH3 is 1. The zero-order valence-electron chi connectivity index (χ0n) is 9.10. The van der Waals surface area contributed by atoms with Crippen LogP contribution in [0.4, 0.5) is 0 Å². The van der Waals surface area contributed by atoms with Crippen LogP contribution in [0.15, 0.2) is 30.3 Å². The fraction of sp³-hybridized carbons (Fsp3) is 0.300. The summed E-state index contributed by atoms with van der Waals surface area (Å²) in [4.78, 5) is 20.4. The number of hydrogen-bond donors (Lipinski definition) is 0. The molecule has 15 heavy (non-hydrogen) atoms. The Labute approximate surface area is 111 Å². The molecule has 0 aromatic heterocycles. The Hall–Kier alpha value is -0.550. The molecule has 0 aliphatic carbocycles. The monoisotopic (exact) mass is 219 g/mol. The normalized spacial score (nSPS) is 11.1. The van der Waals surface area contributed by atoms with Crippen molar-refractivity contribution in [2.24, 2.45) is 0 Å². The molecule has 1 unspecified atom stereocenters. The Morgan fingerprint density at radius 1 is 1.27 bits per heavy atom. The second-order valence-corrected chi connectivity index (χ2v) is 2.68. The van der Waals surface area contributed by atoms with Crippen molar-refractivity contribution in [1.82, 2.24) is 0 Å². The first-order valence-electron chi connectivity index (χ1n) is 4.20. The number of ether oxygens (including phenoxy) is 1. The Morgan fingerprint density at radius 2 is 1.87 bits per heavy atom. The van der Waals surface area contributed by atoms with Crippen molar-refractivity contribution in [3.8, 4) is 5.75 Å². The van der Waals surface area contributed by atoms with E-state index >= 15 is 0 Å². The molecule has 0 radical (unpaired) electrons. The summed E-state index contributed by atoms with van der Waals surface area (Å²) in [6, 6.07) is 8.77. The van der Waals surface area contributed by atoms with E-state index in [2.05, 4.69) is 4.89 Å². The van der Waals surface area contributed by atoms with Crippen LogP contribution in [0.1, 0.15) is 6.92 Å². The van der Waals surface area contributed by atoms with Crippen LogP contribution in [0, 0.1) is 0 Å². The van der Waals surface area contributed by atoms with Crippen LogP contribution in [-0.2, 0) is 14.4 Å². The van der Waals surface area contributed by atoms with Gasteiger partial charge < -0.3 is 4.74 Å². The number of carbonyl (C=O) groups excluding carboxylic acids is 1. The van der Waals surface area contributed by atoms with E-state index in [0.717, 1.165) is 0 Å². The minimum Gasteiger partial charge on any atom is -0.370 e. The van der Waals surface area contributed by atoms with Gasteiger partial charge in [-0.2, -0.15) is 0 Å². The third-order valence-electron chi connectivity index (χ3n) is 1.65. The van der Waals surface area contributed by atoms with E-state index in [1.54, 1.807) is 31.2 Å². The van der Waals surface area contributed by atoms with Gasteiger partial charge in [0.05, 0.1) is 0 Å². The van der Waals surface area contributed by atoms with E-state index in [4.69, 9.17) is 9.62 Å². The summed E-state index contributed by atoms with van der Waals surface area (Å²) < 4.78 is 4.75. The quantitative estimate of drug-likeness (QED) is 0.353. The van der Waals surface area contributed by atoms with Crippen molar-refractivity contribution >= 4 is 5.97 Å². The van der Waals surface area contributed by atoms with Crippen LogP contribution < -0.4 is 34.4 Å². The summed E-state index contributed by atoms with van der Waals surface area (Å²) in [6.45, 7) is 1.58. The van der Waals surface area contributed by atoms with Gasteiger partial charge in [-0.3, -0.25) is 4.89 Å². The van der Waals surface area contributed by atoms with E-state index in [1.807, 2.05) is 6.07 Å². The summed E-state index contributed by atoms with van der Waals surface area (Å²) in [5, 5.41) is 0. The zero-order valence-corrected chi connectivity index (χ0v) is 11.1. The van der Waals surface area contributed by atoms with Crippen LogP contribution in [0.2, 0.25) is 0 Å². The molecule has 0 bridgehead atoms. The SMILES string of the molecule is COC(C)C(=O)OOc1ccccc1.[Na+]. The summed E-state index contributed by atoms with van der Waals surface area (Å²) in [5.41, 5.74) is 0. The smallest absolute Gasteiger partial charge is 0.370 e. The molecule has 0 aliphatic rings. The molecular weight excluding hydrogens is 207 g/mol. The third kappa shape index (κ3) is 5.18. The molecule has 5 heteroatoms. The maximum Gasteiger partial charge on any atom is 1.00 e. The summed E-state index contributed by atoms with van der Waals surface area (Å²) in [6.07, 6.45) is -0.626.